The number of aryl methyl sites for hydroxylation is 2. The van der Waals surface area contributed by atoms with Gasteiger partial charge in [0.25, 0.3) is 0 Å². The molecule has 0 saturated carbocycles. The molecule has 0 aromatic heterocycles. The molecule has 2 aromatic rings. The van der Waals surface area contributed by atoms with E-state index in [0.717, 1.165) is 12.8 Å². The second-order valence-electron chi connectivity index (χ2n) is 9.74. The molecule has 1 aliphatic rings. The van der Waals surface area contributed by atoms with Crippen LogP contribution in [0.4, 0.5) is 0 Å². The van der Waals surface area contributed by atoms with Gasteiger partial charge >= 0.3 is 21.7 Å². The number of allylic oxidation sites excluding steroid dienone is 4. The minimum absolute atomic E-state index is 0. The summed E-state index contributed by atoms with van der Waals surface area (Å²) in [5.74, 6) is 0.625. The summed E-state index contributed by atoms with van der Waals surface area (Å²) >= 11 is 0. The average Bonchev–Trinajstić information content (AvgIpc) is 2.95. The Bertz CT molecular complexity index is 962. The van der Waals surface area contributed by atoms with Crippen LogP contribution in [-0.4, -0.2) is 8.07 Å². The molecular formula is C29H39Cl3SiTi. The van der Waals surface area contributed by atoms with Gasteiger partial charge in [-0.25, -0.2) is 5.57 Å². The van der Waals surface area contributed by atoms with E-state index >= 15 is 0 Å². The maximum atomic E-state index is 4.05. The van der Waals surface area contributed by atoms with Crippen LogP contribution in [0, 0.1) is 12.0 Å². The fourth-order valence-electron chi connectivity index (χ4n) is 5.58. The third-order valence-corrected chi connectivity index (χ3v) is 13.7. The molecule has 0 radical (unpaired) electrons. The predicted octanol–water partition coefficient (Wildman–Crippen LogP) is -2.10. The number of rotatable bonds is 7. The Morgan fingerprint density at radius 3 is 1.71 bits per heavy atom. The first kappa shape index (κ1) is 35.9. The molecule has 2 aromatic carbocycles. The van der Waals surface area contributed by atoms with Crippen molar-refractivity contribution in [3.8, 4) is 0 Å². The fraction of sp³-hybridized carbons (Fsp3) is 0.448. The fourth-order valence-corrected chi connectivity index (χ4v) is 12.0. The van der Waals surface area contributed by atoms with Crippen molar-refractivity contribution in [3.63, 3.8) is 0 Å². The van der Waals surface area contributed by atoms with Crippen LogP contribution in [-0.2, 0) is 34.6 Å². The summed E-state index contributed by atoms with van der Waals surface area (Å²) in [5, 5.41) is 3.10. The van der Waals surface area contributed by atoms with Crippen LogP contribution in [0.2, 0.25) is 11.1 Å². The van der Waals surface area contributed by atoms with Crippen molar-refractivity contribution in [3.05, 3.63) is 82.5 Å². The van der Waals surface area contributed by atoms with Gasteiger partial charge in [0, 0.05) is 0 Å². The van der Waals surface area contributed by atoms with Crippen LogP contribution in [0.5, 0.6) is 0 Å². The van der Waals surface area contributed by atoms with Gasteiger partial charge in [0.2, 0.25) is 0 Å². The minimum atomic E-state index is -2.23. The molecule has 0 nitrogen and oxygen atoms in total. The molecule has 0 bridgehead atoms. The van der Waals surface area contributed by atoms with Crippen LogP contribution in [0.15, 0.2) is 65.3 Å². The van der Waals surface area contributed by atoms with Gasteiger partial charge in [-0.1, -0.05) is 112 Å². The van der Waals surface area contributed by atoms with Gasteiger partial charge in [0.1, 0.15) is 8.07 Å². The van der Waals surface area contributed by atoms with E-state index in [9.17, 15) is 0 Å². The second-order valence-corrected chi connectivity index (χ2v) is 14.1. The first-order valence-electron chi connectivity index (χ1n) is 11.7. The zero-order valence-electron chi connectivity index (χ0n) is 22.0. The third kappa shape index (κ3) is 6.34. The van der Waals surface area contributed by atoms with E-state index in [0.29, 0.717) is 5.92 Å². The van der Waals surface area contributed by atoms with Crippen molar-refractivity contribution < 1.29 is 58.9 Å². The van der Waals surface area contributed by atoms with Crippen LogP contribution in [0.1, 0.15) is 66.5 Å². The molecule has 0 saturated heterocycles. The van der Waals surface area contributed by atoms with Crippen molar-refractivity contribution in [1.82, 2.24) is 0 Å². The van der Waals surface area contributed by atoms with E-state index in [1.165, 1.54) is 33.9 Å². The number of halogens is 3. The van der Waals surface area contributed by atoms with E-state index in [1.807, 2.05) is 0 Å². The van der Waals surface area contributed by atoms with Crippen LogP contribution < -0.4 is 47.6 Å². The Kier molecular flexibility index (Phi) is 15.3. The molecule has 5 heteroatoms. The standard InChI is InChI=1S/C29H39Si.3ClH.Ti/c1-9-25-16-26(10-2)18-28(17-25)30(20-21(3)4,27-14-12-11-13-15-27)29(8)19-22(5)23(6)24(29)7;;;;/h11-18,21H,9-10,20H2,1-8H3;3*1H;/q-1;;;;+4/p-3. The summed E-state index contributed by atoms with van der Waals surface area (Å²) < 4.78 is 0. The predicted molar refractivity (Wildman–Crippen MR) is 135 cm³/mol. The molecule has 0 N–H and O–H groups in total. The Labute approximate surface area is 243 Å². The van der Waals surface area contributed by atoms with Gasteiger partial charge in [-0.2, -0.15) is 11.1 Å². The molecular weight excluding hydrogens is 531 g/mol. The Hall–Kier alpha value is -0.279. The van der Waals surface area contributed by atoms with Crippen molar-refractivity contribution in [1.29, 1.82) is 0 Å². The molecule has 1 aliphatic carbocycles. The minimum Gasteiger partial charge on any atom is -1.00 e. The van der Waals surface area contributed by atoms with E-state index < -0.39 is 8.07 Å². The van der Waals surface area contributed by atoms with E-state index in [2.05, 4.69) is 110 Å². The number of benzene rings is 2. The first-order valence-corrected chi connectivity index (χ1v) is 13.9. The van der Waals surface area contributed by atoms with E-state index in [-0.39, 0.29) is 64.0 Å². The molecule has 34 heavy (non-hydrogen) atoms. The van der Waals surface area contributed by atoms with Gasteiger partial charge in [-0.05, 0) is 35.9 Å². The smallest absolute Gasteiger partial charge is 1.00 e. The van der Waals surface area contributed by atoms with Crippen molar-refractivity contribution in [2.24, 2.45) is 5.92 Å². The molecule has 0 amide bonds. The third-order valence-electron chi connectivity index (χ3n) is 7.51. The SMILES string of the molecule is CCc1cc(CC)cc([Si](CC(C)C)(c2ccccc2)C2(C)[C-]=C(C)C(C)=C2C)c1.[Cl-].[Cl-].[Cl-].[Ti+4]. The molecule has 3 rings (SSSR count). The largest absolute Gasteiger partial charge is 4.00 e. The summed E-state index contributed by atoms with van der Waals surface area (Å²) in [5.41, 5.74) is 7.25. The maximum absolute atomic E-state index is 4.05. The number of hydrogen-bond donors (Lipinski definition) is 0. The average molecular weight is 570 g/mol. The quantitative estimate of drug-likeness (QED) is 0.265. The van der Waals surface area contributed by atoms with E-state index in [4.69, 9.17) is 0 Å². The normalized spacial score (nSPS) is 18.7. The summed E-state index contributed by atoms with van der Waals surface area (Å²) in [6.07, 6.45) is 6.23. The molecule has 2 unspecified atom stereocenters. The summed E-state index contributed by atoms with van der Waals surface area (Å²) in [7, 11) is -2.23. The number of hydrogen-bond acceptors (Lipinski definition) is 0. The van der Waals surface area contributed by atoms with Gasteiger partial charge < -0.3 is 37.2 Å². The maximum Gasteiger partial charge on any atom is 4.00 e. The molecule has 2 atom stereocenters. The van der Waals surface area contributed by atoms with Crippen LogP contribution >= 0.6 is 0 Å². The van der Waals surface area contributed by atoms with Gasteiger partial charge in [0.15, 0.2) is 0 Å². The van der Waals surface area contributed by atoms with E-state index in [1.54, 1.807) is 10.4 Å². The zero-order chi connectivity index (χ0) is 22.1. The Morgan fingerprint density at radius 1 is 0.824 bits per heavy atom. The molecule has 0 aliphatic heterocycles. The molecule has 184 valence electrons. The van der Waals surface area contributed by atoms with Crippen molar-refractivity contribution >= 4 is 18.4 Å². The molecule has 0 spiro atoms. The molecule has 0 fully saturated rings. The monoisotopic (exact) mass is 568 g/mol. The Balaban J connectivity index is 0. The topological polar surface area (TPSA) is 0 Å². The van der Waals surface area contributed by atoms with Crippen molar-refractivity contribution in [2.45, 2.75) is 79.3 Å². The van der Waals surface area contributed by atoms with Crippen LogP contribution in [0.25, 0.3) is 0 Å². The summed E-state index contributed by atoms with van der Waals surface area (Å²) in [6, 6.07) is 20.2. The van der Waals surface area contributed by atoms with Gasteiger partial charge in [0.05, 0.1) is 0 Å². The zero-order valence-corrected chi connectivity index (χ0v) is 26.8. The van der Waals surface area contributed by atoms with Crippen LogP contribution in [0.3, 0.4) is 0 Å². The van der Waals surface area contributed by atoms with Gasteiger partial charge in [-0.15, -0.1) is 6.92 Å². The second kappa shape index (κ2) is 14.5. The summed E-state index contributed by atoms with van der Waals surface area (Å²) in [6.45, 7) is 18.8. The molecule has 0 heterocycles. The summed E-state index contributed by atoms with van der Waals surface area (Å²) in [4.78, 5) is 0. The van der Waals surface area contributed by atoms with Crippen molar-refractivity contribution in [2.75, 3.05) is 0 Å². The first-order chi connectivity index (χ1) is 14.2. The Morgan fingerprint density at radius 2 is 1.32 bits per heavy atom. The van der Waals surface area contributed by atoms with Gasteiger partial charge in [-0.3, -0.25) is 6.08 Å².